The van der Waals surface area contributed by atoms with Crippen molar-refractivity contribution in [3.8, 4) is 0 Å². The summed E-state index contributed by atoms with van der Waals surface area (Å²) in [6.07, 6.45) is 1.52. The lowest BCUT2D eigenvalue weighted by atomic mass is 10.3. The summed E-state index contributed by atoms with van der Waals surface area (Å²) in [5, 5.41) is 0.720. The van der Waals surface area contributed by atoms with Crippen LogP contribution in [0.25, 0.3) is 0 Å². The third-order valence-corrected chi connectivity index (χ3v) is 2.73. The van der Waals surface area contributed by atoms with Crippen LogP contribution in [0.4, 0.5) is 4.39 Å². The van der Waals surface area contributed by atoms with Crippen molar-refractivity contribution in [2.24, 2.45) is 0 Å². The van der Waals surface area contributed by atoms with E-state index in [1.165, 1.54) is 25.1 Å². The third-order valence-electron chi connectivity index (χ3n) is 1.81. The number of carbonyl (C=O) groups excluding carboxylic acids is 1. The van der Waals surface area contributed by atoms with Gasteiger partial charge in [-0.25, -0.2) is 9.37 Å². The highest BCUT2D eigenvalue weighted by atomic mass is 32.2. The first-order valence-electron chi connectivity index (χ1n) is 4.45. The molecule has 15 heavy (non-hydrogen) atoms. The second-order valence-electron chi connectivity index (χ2n) is 2.95. The van der Waals surface area contributed by atoms with Gasteiger partial charge in [-0.3, -0.25) is 4.79 Å². The zero-order chi connectivity index (χ0) is 11.3. The fourth-order valence-corrected chi connectivity index (χ4v) is 1.80. The average molecular weight is 229 g/mol. The number of nitrogens with zero attached hydrogens (tertiary/aromatic N) is 1. The predicted octanol–water partition coefficient (Wildman–Crippen LogP) is 2.18. The molecule has 0 fully saturated rings. The van der Waals surface area contributed by atoms with Crippen molar-refractivity contribution >= 4 is 17.7 Å². The Labute approximate surface area is 92.0 Å². The molecule has 0 spiro atoms. The second-order valence-corrected chi connectivity index (χ2v) is 4.06. The monoisotopic (exact) mass is 229 g/mol. The van der Waals surface area contributed by atoms with Crippen molar-refractivity contribution in [2.75, 3.05) is 12.9 Å². The summed E-state index contributed by atoms with van der Waals surface area (Å²) >= 11 is 1.41. The number of hydrogen-bond acceptors (Lipinski definition) is 4. The van der Waals surface area contributed by atoms with Crippen molar-refractivity contribution in [1.29, 1.82) is 0 Å². The predicted molar refractivity (Wildman–Crippen MR) is 56.3 cm³/mol. The average Bonchev–Trinajstić information content (AvgIpc) is 2.23. The Morgan fingerprint density at radius 3 is 3.00 bits per heavy atom. The zero-order valence-electron chi connectivity index (χ0n) is 8.62. The quantitative estimate of drug-likeness (QED) is 0.586. The van der Waals surface area contributed by atoms with Gasteiger partial charge in [0.1, 0.15) is 5.82 Å². The minimum absolute atomic E-state index is 0.249. The van der Waals surface area contributed by atoms with Crippen LogP contribution in [0.5, 0.6) is 0 Å². The molecule has 1 aromatic heterocycles. The number of hydrogen-bond donors (Lipinski definition) is 0. The number of rotatable bonds is 4. The number of thioether (sulfide) groups is 1. The molecule has 1 aromatic rings. The molecular formula is C10H12FNO2S. The van der Waals surface area contributed by atoms with E-state index in [9.17, 15) is 9.18 Å². The number of methoxy groups -OCH3 is 1. The van der Waals surface area contributed by atoms with Crippen LogP contribution in [0.1, 0.15) is 12.0 Å². The highest BCUT2D eigenvalue weighted by molar-refractivity contribution is 7.99. The SMILES string of the molecule is COC(=O)CCSc1cc(C)c(F)cn1. The molecule has 0 unspecified atom stereocenters. The van der Waals surface area contributed by atoms with Crippen LogP contribution in [-0.4, -0.2) is 23.8 Å². The maximum Gasteiger partial charge on any atom is 0.306 e. The summed E-state index contributed by atoms with van der Waals surface area (Å²) in [6.45, 7) is 1.68. The van der Waals surface area contributed by atoms with Gasteiger partial charge < -0.3 is 4.74 Å². The smallest absolute Gasteiger partial charge is 0.306 e. The normalized spacial score (nSPS) is 10.1. The number of pyridine rings is 1. The standard InChI is InChI=1S/C10H12FNO2S/c1-7-5-9(12-6-8(7)11)15-4-3-10(13)14-2/h5-6H,3-4H2,1-2H3. The number of halogens is 1. The summed E-state index contributed by atoms with van der Waals surface area (Å²) in [5.74, 6) is 0.0266. The number of ether oxygens (including phenoxy) is 1. The van der Waals surface area contributed by atoms with E-state index in [4.69, 9.17) is 0 Å². The fraction of sp³-hybridized carbons (Fsp3) is 0.400. The fourth-order valence-electron chi connectivity index (χ4n) is 0.933. The lowest BCUT2D eigenvalue weighted by molar-refractivity contribution is -0.140. The Morgan fingerprint density at radius 2 is 2.40 bits per heavy atom. The van der Waals surface area contributed by atoms with Crippen LogP contribution in [0.3, 0.4) is 0 Å². The molecule has 0 bridgehead atoms. The molecule has 0 saturated heterocycles. The highest BCUT2D eigenvalue weighted by Gasteiger charge is 2.03. The van der Waals surface area contributed by atoms with Crippen molar-refractivity contribution in [1.82, 2.24) is 4.98 Å². The van der Waals surface area contributed by atoms with Gasteiger partial charge in [-0.1, -0.05) is 0 Å². The van der Waals surface area contributed by atoms with Crippen LogP contribution >= 0.6 is 11.8 Å². The Kier molecular flexibility index (Phi) is 4.55. The van der Waals surface area contributed by atoms with Crippen molar-refractivity contribution in [3.05, 3.63) is 23.6 Å². The van der Waals surface area contributed by atoms with Gasteiger partial charge in [0.15, 0.2) is 0 Å². The first-order chi connectivity index (χ1) is 7.13. The van der Waals surface area contributed by atoms with Crippen LogP contribution in [0, 0.1) is 12.7 Å². The summed E-state index contributed by atoms with van der Waals surface area (Å²) in [5.41, 5.74) is 0.561. The minimum Gasteiger partial charge on any atom is -0.469 e. The molecule has 0 atom stereocenters. The van der Waals surface area contributed by atoms with E-state index in [1.54, 1.807) is 13.0 Å². The van der Waals surface area contributed by atoms with Crippen LogP contribution in [0.2, 0.25) is 0 Å². The molecule has 0 aliphatic carbocycles. The number of esters is 1. The van der Waals surface area contributed by atoms with E-state index in [-0.39, 0.29) is 11.8 Å². The molecule has 1 rings (SSSR count). The van der Waals surface area contributed by atoms with Crippen LogP contribution in [0.15, 0.2) is 17.3 Å². The van der Waals surface area contributed by atoms with Crippen LogP contribution < -0.4 is 0 Å². The van der Waals surface area contributed by atoms with Crippen LogP contribution in [-0.2, 0) is 9.53 Å². The molecule has 0 aliphatic rings. The number of carbonyl (C=O) groups is 1. The lowest BCUT2D eigenvalue weighted by Crippen LogP contribution is -2.01. The Bertz CT molecular complexity index is 357. The summed E-state index contributed by atoms with van der Waals surface area (Å²) < 4.78 is 17.4. The molecule has 0 amide bonds. The van der Waals surface area contributed by atoms with E-state index in [0.29, 0.717) is 17.7 Å². The topological polar surface area (TPSA) is 39.2 Å². The maximum atomic E-state index is 12.9. The van der Waals surface area contributed by atoms with Gasteiger partial charge in [-0.2, -0.15) is 0 Å². The molecule has 0 aliphatic heterocycles. The third kappa shape index (κ3) is 3.87. The zero-order valence-corrected chi connectivity index (χ0v) is 9.44. The molecule has 1 heterocycles. The Balaban J connectivity index is 2.44. The Morgan fingerprint density at radius 1 is 1.67 bits per heavy atom. The van der Waals surface area contributed by atoms with Gasteiger partial charge in [0.05, 0.1) is 24.8 Å². The molecule has 0 aromatic carbocycles. The summed E-state index contributed by atoms with van der Waals surface area (Å²) in [6, 6.07) is 1.66. The van der Waals surface area contributed by atoms with Gasteiger partial charge >= 0.3 is 5.97 Å². The lowest BCUT2D eigenvalue weighted by Gasteiger charge is -2.01. The molecule has 3 nitrogen and oxygen atoms in total. The largest absolute Gasteiger partial charge is 0.469 e. The molecule has 82 valence electrons. The maximum absolute atomic E-state index is 12.9. The molecule has 0 saturated carbocycles. The van der Waals surface area contributed by atoms with Gasteiger partial charge in [0.25, 0.3) is 0 Å². The van der Waals surface area contributed by atoms with E-state index >= 15 is 0 Å². The summed E-state index contributed by atoms with van der Waals surface area (Å²) in [7, 11) is 1.35. The van der Waals surface area contributed by atoms with E-state index in [0.717, 1.165) is 5.03 Å². The Hall–Kier alpha value is -1.10. The van der Waals surface area contributed by atoms with Crippen molar-refractivity contribution < 1.29 is 13.9 Å². The van der Waals surface area contributed by atoms with Gasteiger partial charge in [-0.15, -0.1) is 11.8 Å². The molecule has 0 radical (unpaired) electrons. The van der Waals surface area contributed by atoms with Gasteiger partial charge in [0, 0.05) is 5.75 Å². The van der Waals surface area contributed by atoms with E-state index in [1.807, 2.05) is 0 Å². The molecule has 5 heteroatoms. The molecule has 0 N–H and O–H groups in total. The van der Waals surface area contributed by atoms with Gasteiger partial charge in [-0.05, 0) is 18.6 Å². The number of aromatic nitrogens is 1. The first-order valence-corrected chi connectivity index (χ1v) is 5.44. The van der Waals surface area contributed by atoms with E-state index < -0.39 is 0 Å². The first kappa shape index (κ1) is 12.0. The highest BCUT2D eigenvalue weighted by Crippen LogP contribution is 2.18. The number of aryl methyl sites for hydroxylation is 1. The van der Waals surface area contributed by atoms with Crippen molar-refractivity contribution in [3.63, 3.8) is 0 Å². The van der Waals surface area contributed by atoms with Gasteiger partial charge in [0.2, 0.25) is 0 Å². The van der Waals surface area contributed by atoms with Crippen molar-refractivity contribution in [2.45, 2.75) is 18.4 Å². The minimum atomic E-state index is -0.313. The summed E-state index contributed by atoms with van der Waals surface area (Å²) in [4.78, 5) is 14.7. The molecular weight excluding hydrogens is 217 g/mol. The van der Waals surface area contributed by atoms with E-state index in [2.05, 4.69) is 9.72 Å². The second kappa shape index (κ2) is 5.70.